The van der Waals surface area contributed by atoms with Gasteiger partial charge in [0.2, 0.25) is 0 Å². The summed E-state index contributed by atoms with van der Waals surface area (Å²) in [6, 6.07) is 0. The number of phosphoric ester groups is 1. The van der Waals surface area contributed by atoms with E-state index in [0.29, 0.717) is 30.3 Å². The lowest BCUT2D eigenvalue weighted by Crippen LogP contribution is -2.37. The summed E-state index contributed by atoms with van der Waals surface area (Å²) < 4.78 is 33.9. The molecule has 60 heavy (non-hydrogen) atoms. The van der Waals surface area contributed by atoms with Crippen molar-refractivity contribution < 1.29 is 42.1 Å². The molecule has 0 N–H and O–H groups in total. The van der Waals surface area contributed by atoms with Gasteiger partial charge in [0.15, 0.2) is 6.10 Å². The van der Waals surface area contributed by atoms with Crippen LogP contribution >= 0.6 is 7.82 Å². The van der Waals surface area contributed by atoms with Crippen molar-refractivity contribution in [3.63, 3.8) is 0 Å². The summed E-state index contributed by atoms with van der Waals surface area (Å²) in [6.45, 7) is 4.11. The monoisotopic (exact) mass is 862 g/mol. The molecule has 0 aromatic heterocycles. The Balaban J connectivity index is 4.45. The molecule has 0 amide bonds. The zero-order chi connectivity index (χ0) is 44.3. The number of ether oxygens (including phenoxy) is 2. The number of nitrogens with zero attached hydrogens (tertiary/aromatic N) is 1. The lowest BCUT2D eigenvalue weighted by atomic mass is 10.1. The van der Waals surface area contributed by atoms with E-state index in [-0.39, 0.29) is 26.1 Å². The molecular formula is C50H88NO8P. The number of rotatable bonds is 42. The van der Waals surface area contributed by atoms with Crippen molar-refractivity contribution >= 4 is 19.8 Å². The van der Waals surface area contributed by atoms with Gasteiger partial charge in [-0.1, -0.05) is 157 Å². The summed E-state index contributed by atoms with van der Waals surface area (Å²) in [4.78, 5) is 37.6. The molecule has 9 nitrogen and oxygen atoms in total. The summed E-state index contributed by atoms with van der Waals surface area (Å²) in [5, 5.41) is 0. The van der Waals surface area contributed by atoms with E-state index in [9.17, 15) is 19.0 Å². The van der Waals surface area contributed by atoms with Gasteiger partial charge in [-0.05, 0) is 83.5 Å². The predicted octanol–water partition coefficient (Wildman–Crippen LogP) is 13.2. The molecule has 0 radical (unpaired) electrons. The lowest BCUT2D eigenvalue weighted by molar-refractivity contribution is -0.870. The fraction of sp³-hybridized carbons (Fsp3) is 0.720. The van der Waals surface area contributed by atoms with Gasteiger partial charge >= 0.3 is 11.9 Å². The quantitative estimate of drug-likeness (QED) is 0.0196. The minimum absolute atomic E-state index is 0.0467. The number of hydrogen-bond donors (Lipinski definition) is 0. The Kier molecular flexibility index (Phi) is 40.0. The standard InChI is InChI=1S/C50H88NO8P/c1-6-8-10-12-14-16-18-20-22-23-24-25-26-27-29-31-33-35-37-39-41-43-50(53)59-48(47-58-60(54,55)57-45-44-51(3,4)5)46-56-49(52)42-40-38-36-34-32-30-28-21-19-17-15-13-11-9-7-2/h15,17,21-23,25-26,28-29,31,35,37,48H,6-14,16,18-20,24,27,30,32-34,36,38-47H2,1-5H3/b17-15+,23-22+,26-25+,28-21+,31-29+,37-35+/t48-/m1/s1. The van der Waals surface area contributed by atoms with Gasteiger partial charge in [0.05, 0.1) is 27.7 Å². The highest BCUT2D eigenvalue weighted by molar-refractivity contribution is 7.45. The van der Waals surface area contributed by atoms with Gasteiger partial charge in [-0.3, -0.25) is 14.2 Å². The van der Waals surface area contributed by atoms with Crippen LogP contribution in [0, 0.1) is 0 Å². The zero-order valence-corrected chi connectivity index (χ0v) is 39.8. The van der Waals surface area contributed by atoms with E-state index in [1.165, 1.54) is 77.0 Å². The summed E-state index contributed by atoms with van der Waals surface area (Å²) in [6.07, 6.45) is 52.2. The molecule has 0 heterocycles. The highest BCUT2D eigenvalue weighted by atomic mass is 31.2. The van der Waals surface area contributed by atoms with Crippen molar-refractivity contribution in [3.05, 3.63) is 72.9 Å². The second-order valence-corrected chi connectivity index (χ2v) is 18.2. The van der Waals surface area contributed by atoms with E-state index in [0.717, 1.165) is 57.8 Å². The second kappa shape index (κ2) is 41.8. The zero-order valence-electron chi connectivity index (χ0n) is 38.9. The molecule has 0 aliphatic rings. The average molecular weight is 862 g/mol. The van der Waals surface area contributed by atoms with Crippen LogP contribution in [0.2, 0.25) is 0 Å². The van der Waals surface area contributed by atoms with Crippen molar-refractivity contribution in [2.75, 3.05) is 47.5 Å². The number of allylic oxidation sites excluding steroid dienone is 12. The van der Waals surface area contributed by atoms with Crippen LogP contribution in [0.15, 0.2) is 72.9 Å². The lowest BCUT2D eigenvalue weighted by Gasteiger charge is -2.28. The number of carbonyl (C=O) groups excluding carboxylic acids is 2. The van der Waals surface area contributed by atoms with Crippen molar-refractivity contribution in [3.8, 4) is 0 Å². The minimum Gasteiger partial charge on any atom is -0.756 e. The Hall–Kier alpha value is -2.55. The van der Waals surface area contributed by atoms with Crippen LogP contribution < -0.4 is 4.89 Å². The van der Waals surface area contributed by atoms with Crippen LogP contribution in [0.1, 0.15) is 181 Å². The molecule has 0 saturated carbocycles. The summed E-state index contributed by atoms with van der Waals surface area (Å²) in [7, 11) is 1.11. The Morgan fingerprint density at radius 2 is 0.917 bits per heavy atom. The smallest absolute Gasteiger partial charge is 0.306 e. The Bertz CT molecular complexity index is 1250. The first-order valence-corrected chi connectivity index (χ1v) is 25.1. The van der Waals surface area contributed by atoms with Crippen LogP contribution in [-0.2, 0) is 32.7 Å². The van der Waals surface area contributed by atoms with E-state index < -0.39 is 32.5 Å². The summed E-state index contributed by atoms with van der Waals surface area (Å²) in [5.74, 6) is -0.921. The van der Waals surface area contributed by atoms with Crippen LogP contribution in [0.3, 0.4) is 0 Å². The molecule has 346 valence electrons. The maximum Gasteiger partial charge on any atom is 0.306 e. The fourth-order valence-electron chi connectivity index (χ4n) is 5.97. The van der Waals surface area contributed by atoms with Crippen LogP contribution in [-0.4, -0.2) is 70.0 Å². The SMILES string of the molecule is CCCCC/C=C/C/C=C/CCCCCCCC(=O)OC[C@H](COP(=O)([O-])OCC[N+](C)(C)C)OC(=O)CCC/C=C/C/C=C/C/C=C/C/C=C/CCCCCCCCC. The number of phosphoric acid groups is 1. The molecule has 0 bridgehead atoms. The predicted molar refractivity (Wildman–Crippen MR) is 249 cm³/mol. The molecule has 2 atom stereocenters. The highest BCUT2D eigenvalue weighted by Gasteiger charge is 2.21. The van der Waals surface area contributed by atoms with Crippen molar-refractivity contribution in [2.45, 2.75) is 187 Å². The Labute approximate surface area is 368 Å². The molecule has 0 spiro atoms. The normalized spacial score (nSPS) is 14.2. The van der Waals surface area contributed by atoms with Gasteiger partial charge in [-0.25, -0.2) is 0 Å². The van der Waals surface area contributed by atoms with Crippen molar-refractivity contribution in [1.29, 1.82) is 0 Å². The van der Waals surface area contributed by atoms with Gasteiger partial charge in [0.1, 0.15) is 19.8 Å². The molecule has 0 aliphatic heterocycles. The first-order chi connectivity index (χ1) is 29.0. The average Bonchev–Trinajstić information content (AvgIpc) is 3.20. The fourth-order valence-corrected chi connectivity index (χ4v) is 6.70. The van der Waals surface area contributed by atoms with Crippen molar-refractivity contribution in [1.82, 2.24) is 0 Å². The summed E-state index contributed by atoms with van der Waals surface area (Å²) >= 11 is 0. The number of likely N-dealkylation sites (N-methyl/N-ethyl adjacent to an activating group) is 1. The van der Waals surface area contributed by atoms with Crippen LogP contribution in [0.25, 0.3) is 0 Å². The van der Waals surface area contributed by atoms with E-state index in [1.807, 2.05) is 27.2 Å². The van der Waals surface area contributed by atoms with E-state index in [4.69, 9.17) is 18.5 Å². The van der Waals surface area contributed by atoms with E-state index >= 15 is 0 Å². The van der Waals surface area contributed by atoms with Crippen LogP contribution in [0.4, 0.5) is 0 Å². The van der Waals surface area contributed by atoms with Gasteiger partial charge in [-0.2, -0.15) is 0 Å². The highest BCUT2D eigenvalue weighted by Crippen LogP contribution is 2.38. The third kappa shape index (κ3) is 45.0. The minimum atomic E-state index is -4.65. The molecular weight excluding hydrogens is 774 g/mol. The second-order valence-electron chi connectivity index (χ2n) is 16.8. The van der Waals surface area contributed by atoms with Gasteiger partial charge < -0.3 is 27.9 Å². The number of quaternary nitrogens is 1. The molecule has 0 saturated heterocycles. The van der Waals surface area contributed by atoms with Gasteiger partial charge in [0.25, 0.3) is 7.82 Å². The van der Waals surface area contributed by atoms with E-state index in [1.54, 1.807) is 0 Å². The number of esters is 2. The number of hydrogen-bond acceptors (Lipinski definition) is 8. The van der Waals surface area contributed by atoms with Crippen molar-refractivity contribution in [2.24, 2.45) is 0 Å². The maximum absolute atomic E-state index is 12.7. The molecule has 0 rings (SSSR count). The Morgan fingerprint density at radius 3 is 1.42 bits per heavy atom. The third-order valence-electron chi connectivity index (χ3n) is 9.70. The molecule has 10 heteroatoms. The van der Waals surface area contributed by atoms with Crippen LogP contribution in [0.5, 0.6) is 0 Å². The molecule has 0 aliphatic carbocycles. The summed E-state index contributed by atoms with van der Waals surface area (Å²) in [5.41, 5.74) is 0. The first-order valence-electron chi connectivity index (χ1n) is 23.6. The molecule has 0 fully saturated rings. The first kappa shape index (κ1) is 57.4. The Morgan fingerprint density at radius 1 is 0.517 bits per heavy atom. The van der Waals surface area contributed by atoms with E-state index in [2.05, 4.69) is 80.7 Å². The maximum atomic E-state index is 12.7. The molecule has 0 aromatic carbocycles. The molecule has 0 aromatic rings. The number of carbonyl (C=O) groups is 2. The number of unbranched alkanes of at least 4 members (excludes halogenated alkanes) is 16. The molecule has 1 unspecified atom stereocenters. The largest absolute Gasteiger partial charge is 0.756 e. The van der Waals surface area contributed by atoms with Gasteiger partial charge in [0, 0.05) is 12.8 Å². The third-order valence-corrected chi connectivity index (χ3v) is 10.7. The topological polar surface area (TPSA) is 111 Å². The van der Waals surface area contributed by atoms with Gasteiger partial charge in [-0.15, -0.1) is 0 Å².